The Morgan fingerprint density at radius 2 is 1.93 bits per heavy atom. The first-order chi connectivity index (χ1) is 13.6. The Hall–Kier alpha value is -3.00. The van der Waals surface area contributed by atoms with Gasteiger partial charge in [-0.15, -0.1) is 10.2 Å². The van der Waals surface area contributed by atoms with E-state index in [1.54, 1.807) is 32.4 Å². The van der Waals surface area contributed by atoms with E-state index in [1.165, 1.54) is 17.3 Å². The lowest BCUT2D eigenvalue weighted by atomic mass is 10.1. The van der Waals surface area contributed by atoms with Crippen molar-refractivity contribution < 1.29 is 18.7 Å². The minimum atomic E-state index is -0.135. The summed E-state index contributed by atoms with van der Waals surface area (Å²) in [5.74, 6) is 1.57. The van der Waals surface area contributed by atoms with Crippen LogP contribution in [0.1, 0.15) is 12.5 Å². The van der Waals surface area contributed by atoms with Gasteiger partial charge in [-0.25, -0.2) is 0 Å². The Balaban J connectivity index is 1.61. The molecule has 0 atom stereocenters. The molecule has 146 valence electrons. The molecule has 0 aliphatic heterocycles. The molecule has 0 aliphatic carbocycles. The van der Waals surface area contributed by atoms with Crippen molar-refractivity contribution >= 4 is 23.4 Å². The highest BCUT2D eigenvalue weighted by molar-refractivity contribution is 7.99. The number of nitrogens with zero attached hydrogens (tertiary/aromatic N) is 2. The van der Waals surface area contributed by atoms with E-state index in [0.29, 0.717) is 28.2 Å². The molecule has 2 aromatic carbocycles. The molecule has 0 saturated carbocycles. The molecule has 0 aliphatic rings. The first kappa shape index (κ1) is 19.8. The number of amides is 1. The lowest BCUT2D eigenvalue weighted by Gasteiger charge is -2.07. The largest absolute Gasteiger partial charge is 0.493 e. The van der Waals surface area contributed by atoms with Gasteiger partial charge in [-0.1, -0.05) is 30.8 Å². The zero-order chi connectivity index (χ0) is 19.9. The second kappa shape index (κ2) is 9.27. The van der Waals surface area contributed by atoms with Crippen LogP contribution in [0.3, 0.4) is 0 Å². The Labute approximate surface area is 167 Å². The number of carbonyl (C=O) groups excluding carboxylic acids is 1. The number of benzene rings is 2. The quantitative estimate of drug-likeness (QED) is 0.572. The fraction of sp³-hybridized carbons (Fsp3) is 0.250. The molecule has 8 heteroatoms. The van der Waals surface area contributed by atoms with Crippen LogP contribution in [0.2, 0.25) is 0 Å². The fourth-order valence-electron chi connectivity index (χ4n) is 2.55. The van der Waals surface area contributed by atoms with Crippen molar-refractivity contribution in [3.05, 3.63) is 48.0 Å². The molecule has 1 N–H and O–H groups in total. The van der Waals surface area contributed by atoms with Gasteiger partial charge in [0.05, 0.1) is 20.0 Å². The number of thioether (sulfide) groups is 1. The lowest BCUT2D eigenvalue weighted by molar-refractivity contribution is -0.113. The zero-order valence-electron chi connectivity index (χ0n) is 15.9. The van der Waals surface area contributed by atoms with Crippen LogP contribution in [0.5, 0.6) is 11.5 Å². The van der Waals surface area contributed by atoms with E-state index in [9.17, 15) is 4.79 Å². The maximum Gasteiger partial charge on any atom is 0.277 e. The highest BCUT2D eigenvalue weighted by atomic mass is 32.2. The Kier molecular flexibility index (Phi) is 6.54. The van der Waals surface area contributed by atoms with Gasteiger partial charge >= 0.3 is 0 Å². The number of aryl methyl sites for hydroxylation is 1. The van der Waals surface area contributed by atoms with E-state index in [0.717, 1.165) is 12.1 Å². The molecule has 0 unspecified atom stereocenters. The number of methoxy groups -OCH3 is 2. The summed E-state index contributed by atoms with van der Waals surface area (Å²) in [6, 6.07) is 13.1. The molecule has 0 fully saturated rings. The molecular formula is C20H21N3O4S. The maximum atomic E-state index is 12.2. The van der Waals surface area contributed by atoms with Gasteiger partial charge in [0, 0.05) is 11.3 Å². The number of ether oxygens (including phenoxy) is 2. The van der Waals surface area contributed by atoms with Crippen LogP contribution in [-0.4, -0.2) is 36.1 Å². The maximum absolute atomic E-state index is 12.2. The van der Waals surface area contributed by atoms with Crippen LogP contribution >= 0.6 is 11.8 Å². The molecule has 3 rings (SSSR count). The second-order valence-electron chi connectivity index (χ2n) is 5.83. The average molecular weight is 399 g/mol. The van der Waals surface area contributed by atoms with Gasteiger partial charge in [-0.3, -0.25) is 4.79 Å². The van der Waals surface area contributed by atoms with Crippen LogP contribution in [0, 0.1) is 0 Å². The molecule has 1 amide bonds. The Morgan fingerprint density at radius 1 is 1.11 bits per heavy atom. The molecule has 1 heterocycles. The minimum absolute atomic E-state index is 0.135. The third kappa shape index (κ3) is 4.83. The lowest BCUT2D eigenvalue weighted by Crippen LogP contribution is -2.14. The first-order valence-corrected chi connectivity index (χ1v) is 9.69. The number of nitrogens with one attached hydrogen (secondary N) is 1. The summed E-state index contributed by atoms with van der Waals surface area (Å²) in [6.45, 7) is 2.07. The van der Waals surface area contributed by atoms with Gasteiger partial charge in [0.15, 0.2) is 11.5 Å². The third-order valence-electron chi connectivity index (χ3n) is 3.98. The predicted octanol–water partition coefficient (Wildman–Crippen LogP) is 4.05. The van der Waals surface area contributed by atoms with Crippen molar-refractivity contribution in [1.82, 2.24) is 10.2 Å². The predicted molar refractivity (Wildman–Crippen MR) is 108 cm³/mol. The summed E-state index contributed by atoms with van der Waals surface area (Å²) in [6.07, 6.45) is 0.916. The van der Waals surface area contributed by atoms with Crippen molar-refractivity contribution in [2.45, 2.75) is 18.6 Å². The van der Waals surface area contributed by atoms with Gasteiger partial charge in [-0.05, 0) is 42.3 Å². The van der Waals surface area contributed by atoms with Crippen molar-refractivity contribution in [3.63, 3.8) is 0 Å². The van der Waals surface area contributed by atoms with E-state index in [-0.39, 0.29) is 11.7 Å². The summed E-state index contributed by atoms with van der Waals surface area (Å²) in [4.78, 5) is 12.2. The number of hydrogen-bond donors (Lipinski definition) is 1. The number of hydrogen-bond acceptors (Lipinski definition) is 7. The normalized spacial score (nSPS) is 10.5. The molecular weight excluding hydrogens is 378 g/mol. The smallest absolute Gasteiger partial charge is 0.277 e. The van der Waals surface area contributed by atoms with Gasteiger partial charge in [0.2, 0.25) is 11.8 Å². The summed E-state index contributed by atoms with van der Waals surface area (Å²) < 4.78 is 16.1. The van der Waals surface area contributed by atoms with Gasteiger partial charge in [-0.2, -0.15) is 0 Å². The van der Waals surface area contributed by atoms with Crippen molar-refractivity contribution in [2.75, 3.05) is 25.3 Å². The molecule has 0 saturated heterocycles. The van der Waals surface area contributed by atoms with Crippen molar-refractivity contribution in [1.29, 1.82) is 0 Å². The van der Waals surface area contributed by atoms with Crippen LogP contribution in [0.4, 0.5) is 5.69 Å². The van der Waals surface area contributed by atoms with Crippen LogP contribution in [-0.2, 0) is 11.2 Å². The van der Waals surface area contributed by atoms with Gasteiger partial charge in [0.25, 0.3) is 5.22 Å². The summed E-state index contributed by atoms with van der Waals surface area (Å²) in [5.41, 5.74) is 2.65. The molecule has 1 aromatic heterocycles. The molecule has 3 aromatic rings. The molecule has 28 heavy (non-hydrogen) atoms. The van der Waals surface area contributed by atoms with Crippen LogP contribution < -0.4 is 14.8 Å². The average Bonchev–Trinajstić information content (AvgIpc) is 3.21. The molecule has 7 nitrogen and oxygen atoms in total. The second-order valence-corrected chi connectivity index (χ2v) is 6.76. The van der Waals surface area contributed by atoms with Crippen LogP contribution in [0.15, 0.2) is 52.1 Å². The Morgan fingerprint density at radius 3 is 2.68 bits per heavy atom. The number of rotatable bonds is 8. The summed E-state index contributed by atoms with van der Waals surface area (Å²) >= 11 is 1.18. The van der Waals surface area contributed by atoms with E-state index in [4.69, 9.17) is 13.9 Å². The van der Waals surface area contributed by atoms with Crippen molar-refractivity contribution in [2.24, 2.45) is 0 Å². The zero-order valence-corrected chi connectivity index (χ0v) is 16.7. The topological polar surface area (TPSA) is 86.5 Å². The van der Waals surface area contributed by atoms with E-state index >= 15 is 0 Å². The number of anilines is 1. The van der Waals surface area contributed by atoms with E-state index < -0.39 is 0 Å². The highest BCUT2D eigenvalue weighted by Crippen LogP contribution is 2.32. The van der Waals surface area contributed by atoms with Crippen molar-refractivity contribution in [3.8, 4) is 23.0 Å². The minimum Gasteiger partial charge on any atom is -0.493 e. The van der Waals surface area contributed by atoms with E-state index in [1.807, 2.05) is 24.3 Å². The van der Waals surface area contributed by atoms with Crippen LogP contribution in [0.25, 0.3) is 11.5 Å². The molecule has 0 radical (unpaired) electrons. The summed E-state index contributed by atoms with van der Waals surface area (Å²) in [5, 5.41) is 11.2. The number of carbonyl (C=O) groups is 1. The monoisotopic (exact) mass is 399 g/mol. The fourth-order valence-corrected chi connectivity index (χ4v) is 3.11. The molecule has 0 spiro atoms. The highest BCUT2D eigenvalue weighted by Gasteiger charge is 2.14. The van der Waals surface area contributed by atoms with Gasteiger partial charge < -0.3 is 19.2 Å². The van der Waals surface area contributed by atoms with E-state index in [2.05, 4.69) is 22.4 Å². The summed E-state index contributed by atoms with van der Waals surface area (Å²) in [7, 11) is 3.13. The Bertz CT molecular complexity index is 958. The first-order valence-electron chi connectivity index (χ1n) is 8.70. The molecule has 0 bridgehead atoms. The number of aromatic nitrogens is 2. The SMILES string of the molecule is CCc1cccc(NC(=O)CSc2nnc(-c3ccc(OC)c(OC)c3)o2)c1. The standard InChI is InChI=1S/C20H21N3O4S/c1-4-13-6-5-7-15(10-13)21-18(24)12-28-20-23-22-19(27-20)14-8-9-16(25-2)17(11-14)26-3/h5-11H,4,12H2,1-3H3,(H,21,24). The van der Waals surface area contributed by atoms with Gasteiger partial charge in [0.1, 0.15) is 0 Å². The third-order valence-corrected chi connectivity index (χ3v) is 4.80.